The van der Waals surface area contributed by atoms with Crippen LogP contribution in [0.25, 0.3) is 0 Å². The Hall–Kier alpha value is -2.08. The number of aryl methyl sites for hydroxylation is 2. The van der Waals surface area contributed by atoms with E-state index in [4.69, 9.17) is 9.47 Å². The van der Waals surface area contributed by atoms with Gasteiger partial charge in [0.25, 0.3) is 0 Å². The number of amides is 1. The molecule has 1 fully saturated rings. The van der Waals surface area contributed by atoms with Crippen molar-refractivity contribution in [2.45, 2.75) is 40.2 Å². The molecule has 1 aliphatic heterocycles. The van der Waals surface area contributed by atoms with Gasteiger partial charge in [-0.2, -0.15) is 0 Å². The highest BCUT2D eigenvalue weighted by atomic mass is 16.6. The van der Waals surface area contributed by atoms with Crippen LogP contribution in [0.15, 0.2) is 12.1 Å². The zero-order valence-electron chi connectivity index (χ0n) is 16.5. The molecule has 0 spiro atoms. The number of nitrogens with zero attached hydrogens (tertiary/aromatic N) is 2. The second-order valence-corrected chi connectivity index (χ2v) is 7.75. The van der Waals surface area contributed by atoms with Crippen LogP contribution in [0, 0.1) is 13.8 Å². The number of carbonyl (C=O) groups excluding carboxylic acids is 2. The third-order valence-electron chi connectivity index (χ3n) is 4.39. The summed E-state index contributed by atoms with van der Waals surface area (Å²) in [6.07, 6.45) is 0.646. The summed E-state index contributed by atoms with van der Waals surface area (Å²) >= 11 is 0. The monoisotopic (exact) mass is 362 g/mol. The highest BCUT2D eigenvalue weighted by molar-refractivity contribution is 5.80. The molecule has 144 valence electrons. The van der Waals surface area contributed by atoms with Crippen molar-refractivity contribution < 1.29 is 19.1 Å². The molecule has 0 aliphatic carbocycles. The summed E-state index contributed by atoms with van der Waals surface area (Å²) in [7, 11) is 0. The average Bonchev–Trinajstić information content (AvgIpc) is 2.53. The molecular formula is C20H30N2O4. The first kappa shape index (κ1) is 20.2. The van der Waals surface area contributed by atoms with Crippen molar-refractivity contribution >= 4 is 12.4 Å². The summed E-state index contributed by atoms with van der Waals surface area (Å²) in [5, 5.41) is 0. The van der Waals surface area contributed by atoms with Gasteiger partial charge in [0.1, 0.15) is 18.0 Å². The first-order valence-electron chi connectivity index (χ1n) is 9.09. The maximum Gasteiger partial charge on any atom is 0.410 e. The highest BCUT2D eigenvalue weighted by Gasteiger charge is 2.25. The maximum atomic E-state index is 12.1. The molecule has 0 bridgehead atoms. The Bertz CT molecular complexity index is 621. The van der Waals surface area contributed by atoms with Crippen molar-refractivity contribution in [3.8, 4) is 5.75 Å². The lowest BCUT2D eigenvalue weighted by Gasteiger charge is -2.35. The number of piperazine rings is 1. The fraction of sp³-hybridized carbons (Fsp3) is 0.600. The molecule has 0 unspecified atom stereocenters. The molecule has 26 heavy (non-hydrogen) atoms. The van der Waals surface area contributed by atoms with Gasteiger partial charge in [-0.15, -0.1) is 0 Å². The summed E-state index contributed by atoms with van der Waals surface area (Å²) in [6.45, 7) is 13.8. The molecule has 0 aromatic heterocycles. The largest absolute Gasteiger partial charge is 0.492 e. The van der Waals surface area contributed by atoms with Crippen molar-refractivity contribution in [2.24, 2.45) is 0 Å². The molecule has 0 N–H and O–H groups in total. The SMILES string of the molecule is Cc1cc(OCCN2CCN(C(=O)OC(C)(C)C)CC2)cc(C)c1C=O. The van der Waals surface area contributed by atoms with Crippen molar-refractivity contribution in [1.29, 1.82) is 0 Å². The molecule has 6 heteroatoms. The molecule has 1 aromatic rings. The van der Waals surface area contributed by atoms with Crippen LogP contribution in [0.2, 0.25) is 0 Å². The third-order valence-corrected chi connectivity index (χ3v) is 4.39. The van der Waals surface area contributed by atoms with Gasteiger partial charge in [0.15, 0.2) is 6.29 Å². The quantitative estimate of drug-likeness (QED) is 0.754. The van der Waals surface area contributed by atoms with Crippen LogP contribution in [0.1, 0.15) is 42.3 Å². The van der Waals surface area contributed by atoms with E-state index in [1.807, 2.05) is 46.8 Å². The summed E-state index contributed by atoms with van der Waals surface area (Å²) in [5.41, 5.74) is 2.13. The minimum atomic E-state index is -0.461. The van der Waals surface area contributed by atoms with E-state index >= 15 is 0 Å². The Balaban J connectivity index is 1.75. The van der Waals surface area contributed by atoms with Crippen LogP contribution in [0.4, 0.5) is 4.79 Å². The van der Waals surface area contributed by atoms with Crippen LogP contribution >= 0.6 is 0 Å². The number of hydrogen-bond acceptors (Lipinski definition) is 5. The fourth-order valence-corrected chi connectivity index (χ4v) is 2.98. The van der Waals surface area contributed by atoms with Crippen molar-refractivity contribution in [3.63, 3.8) is 0 Å². The summed E-state index contributed by atoms with van der Waals surface area (Å²) in [5.74, 6) is 0.790. The van der Waals surface area contributed by atoms with E-state index in [0.29, 0.717) is 19.7 Å². The predicted molar refractivity (Wildman–Crippen MR) is 101 cm³/mol. The summed E-state index contributed by atoms with van der Waals surface area (Å²) in [6, 6.07) is 3.80. The fourth-order valence-electron chi connectivity index (χ4n) is 2.98. The number of ether oxygens (including phenoxy) is 2. The molecule has 1 saturated heterocycles. The van der Waals surface area contributed by atoms with Crippen molar-refractivity contribution in [1.82, 2.24) is 9.80 Å². The molecule has 6 nitrogen and oxygen atoms in total. The lowest BCUT2D eigenvalue weighted by molar-refractivity contribution is 0.0137. The Morgan fingerprint density at radius 3 is 2.19 bits per heavy atom. The van der Waals surface area contributed by atoms with Gasteiger partial charge in [0.2, 0.25) is 0 Å². The number of benzene rings is 1. The minimum Gasteiger partial charge on any atom is -0.492 e. The van der Waals surface area contributed by atoms with E-state index in [1.165, 1.54) is 0 Å². The third kappa shape index (κ3) is 5.73. The topological polar surface area (TPSA) is 59.1 Å². The first-order valence-corrected chi connectivity index (χ1v) is 9.09. The Labute approximate surface area is 156 Å². The van der Waals surface area contributed by atoms with E-state index in [9.17, 15) is 9.59 Å². The first-order chi connectivity index (χ1) is 12.2. The van der Waals surface area contributed by atoms with E-state index in [-0.39, 0.29) is 6.09 Å². The van der Waals surface area contributed by atoms with Gasteiger partial charge < -0.3 is 14.4 Å². The molecule has 1 amide bonds. The zero-order valence-corrected chi connectivity index (χ0v) is 16.5. The number of rotatable bonds is 5. The highest BCUT2D eigenvalue weighted by Crippen LogP contribution is 2.20. The molecule has 1 aliphatic rings. The Kier molecular flexibility index (Phi) is 6.64. The van der Waals surface area contributed by atoms with E-state index in [2.05, 4.69) is 4.90 Å². The number of aldehydes is 1. The van der Waals surface area contributed by atoms with Gasteiger partial charge in [0.05, 0.1) is 0 Å². The standard InChI is InChI=1S/C20H30N2O4/c1-15-12-17(13-16(2)18(15)14-23)25-11-10-21-6-8-22(9-7-21)19(24)26-20(3,4)5/h12-14H,6-11H2,1-5H3. The second kappa shape index (κ2) is 8.54. The molecular weight excluding hydrogens is 332 g/mol. The van der Waals surface area contributed by atoms with Gasteiger partial charge in [-0.25, -0.2) is 4.79 Å². The number of carbonyl (C=O) groups is 2. The van der Waals surface area contributed by atoms with Crippen LogP contribution in [-0.4, -0.2) is 67.1 Å². The lowest BCUT2D eigenvalue weighted by atomic mass is 10.0. The molecule has 0 atom stereocenters. The van der Waals surface area contributed by atoms with E-state index in [0.717, 1.165) is 48.4 Å². The molecule has 0 radical (unpaired) electrons. The Morgan fingerprint density at radius 2 is 1.69 bits per heavy atom. The molecule has 1 heterocycles. The van der Waals surface area contributed by atoms with Gasteiger partial charge in [-0.3, -0.25) is 9.69 Å². The van der Waals surface area contributed by atoms with Crippen molar-refractivity contribution in [3.05, 3.63) is 28.8 Å². The minimum absolute atomic E-state index is 0.241. The van der Waals surface area contributed by atoms with Crippen LogP contribution in [-0.2, 0) is 4.74 Å². The van der Waals surface area contributed by atoms with Gasteiger partial charge in [-0.05, 0) is 57.9 Å². The molecule has 2 rings (SSSR count). The van der Waals surface area contributed by atoms with Crippen LogP contribution in [0.5, 0.6) is 5.75 Å². The Morgan fingerprint density at radius 1 is 1.12 bits per heavy atom. The molecule has 1 aromatic carbocycles. The van der Waals surface area contributed by atoms with Crippen molar-refractivity contribution in [2.75, 3.05) is 39.3 Å². The smallest absolute Gasteiger partial charge is 0.410 e. The van der Waals surface area contributed by atoms with E-state index in [1.54, 1.807) is 4.90 Å². The van der Waals surface area contributed by atoms with E-state index < -0.39 is 5.60 Å². The lowest BCUT2D eigenvalue weighted by Crippen LogP contribution is -2.50. The summed E-state index contributed by atoms with van der Waals surface area (Å²) in [4.78, 5) is 27.2. The van der Waals surface area contributed by atoms with Crippen LogP contribution < -0.4 is 4.74 Å². The zero-order chi connectivity index (χ0) is 19.3. The van der Waals surface area contributed by atoms with Gasteiger partial charge in [-0.1, -0.05) is 0 Å². The van der Waals surface area contributed by atoms with Gasteiger partial charge >= 0.3 is 6.09 Å². The normalized spacial score (nSPS) is 15.7. The average molecular weight is 362 g/mol. The second-order valence-electron chi connectivity index (χ2n) is 7.75. The van der Waals surface area contributed by atoms with Gasteiger partial charge in [0, 0.05) is 38.3 Å². The number of hydrogen-bond donors (Lipinski definition) is 0. The maximum absolute atomic E-state index is 12.1. The molecule has 0 saturated carbocycles. The van der Waals surface area contributed by atoms with Crippen LogP contribution in [0.3, 0.4) is 0 Å². The predicted octanol–water partition coefficient (Wildman–Crippen LogP) is 3.05. The summed E-state index contributed by atoms with van der Waals surface area (Å²) < 4.78 is 11.3.